The van der Waals surface area contributed by atoms with Crippen LogP contribution in [0.15, 0.2) is 47.4 Å². The third-order valence-corrected chi connectivity index (χ3v) is 5.50. The molecule has 1 saturated heterocycles. The highest BCUT2D eigenvalue weighted by molar-refractivity contribution is 8.00. The van der Waals surface area contributed by atoms with Gasteiger partial charge in [0.2, 0.25) is 11.8 Å². The minimum Gasteiger partial charge on any atom is -0.478 e. The van der Waals surface area contributed by atoms with Crippen molar-refractivity contribution < 1.29 is 19.5 Å². The van der Waals surface area contributed by atoms with Gasteiger partial charge in [0.05, 0.1) is 16.5 Å². The minimum atomic E-state index is -1.05. The maximum Gasteiger partial charge on any atom is 0.336 e. The SMILES string of the molecule is Cc1ccc(N2C(=O)C[C@H](Sc3ccccc3C(=O)O)C2=O)cc1C. The molecule has 1 N–H and O–H groups in total. The van der Waals surface area contributed by atoms with E-state index in [4.69, 9.17) is 0 Å². The van der Waals surface area contributed by atoms with Gasteiger partial charge >= 0.3 is 5.97 Å². The second-order valence-corrected chi connectivity index (χ2v) is 7.19. The highest BCUT2D eigenvalue weighted by Gasteiger charge is 2.40. The van der Waals surface area contributed by atoms with E-state index in [0.29, 0.717) is 10.6 Å². The molecule has 1 aliphatic heterocycles. The first-order valence-corrected chi connectivity index (χ1v) is 8.69. The quantitative estimate of drug-likeness (QED) is 0.851. The van der Waals surface area contributed by atoms with Gasteiger partial charge in [-0.2, -0.15) is 0 Å². The van der Waals surface area contributed by atoms with Gasteiger partial charge in [0.15, 0.2) is 0 Å². The number of thioether (sulfide) groups is 1. The molecule has 3 rings (SSSR count). The molecular weight excluding hydrogens is 338 g/mol. The summed E-state index contributed by atoms with van der Waals surface area (Å²) in [6.07, 6.45) is 0.0599. The largest absolute Gasteiger partial charge is 0.478 e. The Balaban J connectivity index is 1.87. The molecule has 2 aromatic carbocycles. The Morgan fingerprint density at radius 1 is 1.12 bits per heavy atom. The van der Waals surface area contributed by atoms with Gasteiger partial charge in [-0.1, -0.05) is 18.2 Å². The average molecular weight is 355 g/mol. The number of imide groups is 1. The molecule has 1 atom stereocenters. The Hall–Kier alpha value is -2.60. The molecule has 0 aromatic heterocycles. The van der Waals surface area contributed by atoms with Gasteiger partial charge in [0.25, 0.3) is 0 Å². The molecule has 1 fully saturated rings. The average Bonchev–Trinajstić information content (AvgIpc) is 2.84. The fraction of sp³-hybridized carbons (Fsp3) is 0.211. The van der Waals surface area contributed by atoms with Gasteiger partial charge in [-0.25, -0.2) is 9.69 Å². The normalized spacial score (nSPS) is 17.2. The number of aryl methyl sites for hydroxylation is 2. The molecular formula is C19H17NO4S. The van der Waals surface area contributed by atoms with Crippen molar-refractivity contribution in [3.05, 3.63) is 59.2 Å². The fourth-order valence-corrected chi connectivity index (χ4v) is 3.91. The lowest BCUT2D eigenvalue weighted by atomic mass is 10.1. The van der Waals surface area contributed by atoms with Crippen LogP contribution in [0.4, 0.5) is 5.69 Å². The van der Waals surface area contributed by atoms with E-state index in [1.807, 2.05) is 26.0 Å². The Morgan fingerprint density at radius 3 is 2.52 bits per heavy atom. The molecule has 1 aliphatic rings. The predicted octanol–water partition coefficient (Wildman–Crippen LogP) is 3.43. The molecule has 0 unspecified atom stereocenters. The zero-order chi connectivity index (χ0) is 18.1. The monoisotopic (exact) mass is 355 g/mol. The summed E-state index contributed by atoms with van der Waals surface area (Å²) in [5.74, 6) is -1.62. The molecule has 0 bridgehead atoms. The van der Waals surface area contributed by atoms with Crippen LogP contribution >= 0.6 is 11.8 Å². The summed E-state index contributed by atoms with van der Waals surface area (Å²) < 4.78 is 0. The van der Waals surface area contributed by atoms with Crippen molar-refractivity contribution in [1.29, 1.82) is 0 Å². The maximum atomic E-state index is 12.7. The van der Waals surface area contributed by atoms with E-state index in [9.17, 15) is 19.5 Å². The third-order valence-electron chi connectivity index (χ3n) is 4.24. The molecule has 0 aliphatic carbocycles. The van der Waals surface area contributed by atoms with Crippen molar-refractivity contribution in [2.24, 2.45) is 0 Å². The minimum absolute atomic E-state index is 0.0599. The van der Waals surface area contributed by atoms with E-state index in [-0.39, 0.29) is 23.8 Å². The fourth-order valence-electron chi connectivity index (χ4n) is 2.73. The van der Waals surface area contributed by atoms with Crippen LogP contribution in [0.2, 0.25) is 0 Å². The number of hydrogen-bond acceptors (Lipinski definition) is 4. The van der Waals surface area contributed by atoms with Gasteiger partial charge in [-0.05, 0) is 49.2 Å². The zero-order valence-electron chi connectivity index (χ0n) is 13.9. The Morgan fingerprint density at radius 2 is 1.84 bits per heavy atom. The van der Waals surface area contributed by atoms with Crippen molar-refractivity contribution in [1.82, 2.24) is 0 Å². The Bertz CT molecular complexity index is 877. The van der Waals surface area contributed by atoms with Gasteiger partial charge in [0, 0.05) is 11.3 Å². The van der Waals surface area contributed by atoms with Gasteiger partial charge in [0.1, 0.15) is 0 Å². The first-order valence-electron chi connectivity index (χ1n) is 7.81. The molecule has 1 heterocycles. The van der Waals surface area contributed by atoms with Crippen LogP contribution < -0.4 is 4.90 Å². The molecule has 0 saturated carbocycles. The predicted molar refractivity (Wildman–Crippen MR) is 96.1 cm³/mol. The van der Waals surface area contributed by atoms with E-state index in [1.165, 1.54) is 11.0 Å². The third kappa shape index (κ3) is 3.30. The van der Waals surface area contributed by atoms with Crippen molar-refractivity contribution >= 4 is 35.2 Å². The van der Waals surface area contributed by atoms with Crippen molar-refractivity contribution in [3.8, 4) is 0 Å². The number of rotatable bonds is 4. The molecule has 25 heavy (non-hydrogen) atoms. The Kier molecular flexibility index (Phi) is 4.63. The van der Waals surface area contributed by atoms with Crippen LogP contribution in [0.25, 0.3) is 0 Å². The summed E-state index contributed by atoms with van der Waals surface area (Å²) in [6.45, 7) is 3.90. The van der Waals surface area contributed by atoms with Crippen molar-refractivity contribution in [2.45, 2.75) is 30.4 Å². The smallest absolute Gasteiger partial charge is 0.336 e. The maximum absolute atomic E-state index is 12.7. The second-order valence-electron chi connectivity index (χ2n) is 5.95. The van der Waals surface area contributed by atoms with Crippen LogP contribution in [0.1, 0.15) is 27.9 Å². The van der Waals surface area contributed by atoms with Gasteiger partial charge in [-0.15, -0.1) is 11.8 Å². The summed E-state index contributed by atoms with van der Waals surface area (Å²) >= 11 is 1.13. The molecule has 2 amide bonds. The number of hydrogen-bond donors (Lipinski definition) is 1. The van der Waals surface area contributed by atoms with E-state index in [1.54, 1.807) is 24.3 Å². The lowest BCUT2D eigenvalue weighted by molar-refractivity contribution is -0.121. The van der Waals surface area contributed by atoms with Gasteiger partial charge in [-0.3, -0.25) is 9.59 Å². The van der Waals surface area contributed by atoms with E-state index in [0.717, 1.165) is 22.9 Å². The number of aromatic carboxylic acids is 1. The first kappa shape index (κ1) is 17.2. The number of benzene rings is 2. The summed E-state index contributed by atoms with van der Waals surface area (Å²) in [7, 11) is 0. The number of carboxylic acids is 1. The molecule has 5 nitrogen and oxygen atoms in total. The zero-order valence-corrected chi connectivity index (χ0v) is 14.7. The van der Waals surface area contributed by atoms with E-state index < -0.39 is 11.2 Å². The van der Waals surface area contributed by atoms with Crippen LogP contribution in [0, 0.1) is 13.8 Å². The number of carbonyl (C=O) groups is 3. The second kappa shape index (κ2) is 6.72. The summed E-state index contributed by atoms with van der Waals surface area (Å²) in [5.41, 5.74) is 2.79. The molecule has 128 valence electrons. The molecule has 6 heteroatoms. The molecule has 0 radical (unpaired) electrons. The summed E-state index contributed by atoms with van der Waals surface area (Å²) in [6, 6.07) is 12.0. The van der Waals surface area contributed by atoms with Crippen molar-refractivity contribution in [2.75, 3.05) is 4.90 Å². The summed E-state index contributed by atoms with van der Waals surface area (Å²) in [5, 5.41) is 8.65. The van der Waals surface area contributed by atoms with Gasteiger partial charge < -0.3 is 5.11 Å². The van der Waals surface area contributed by atoms with Crippen LogP contribution in [-0.2, 0) is 9.59 Å². The van der Waals surface area contributed by atoms with E-state index in [2.05, 4.69) is 0 Å². The van der Waals surface area contributed by atoms with Crippen molar-refractivity contribution in [3.63, 3.8) is 0 Å². The lowest BCUT2D eigenvalue weighted by Crippen LogP contribution is -2.31. The highest BCUT2D eigenvalue weighted by atomic mass is 32.2. The van der Waals surface area contributed by atoms with E-state index >= 15 is 0 Å². The number of anilines is 1. The molecule has 0 spiro atoms. The number of carboxylic acid groups (broad SMARTS) is 1. The highest BCUT2D eigenvalue weighted by Crippen LogP contribution is 2.35. The lowest BCUT2D eigenvalue weighted by Gasteiger charge is -2.16. The number of amides is 2. The number of nitrogens with zero attached hydrogens (tertiary/aromatic N) is 1. The summed E-state index contributed by atoms with van der Waals surface area (Å²) in [4.78, 5) is 38.1. The first-order chi connectivity index (χ1) is 11.9. The number of carbonyl (C=O) groups excluding carboxylic acids is 2. The topological polar surface area (TPSA) is 74.7 Å². The van der Waals surface area contributed by atoms with Crippen LogP contribution in [-0.4, -0.2) is 28.1 Å². The van der Waals surface area contributed by atoms with Crippen LogP contribution in [0.3, 0.4) is 0 Å². The molecule has 2 aromatic rings. The van der Waals surface area contributed by atoms with Crippen LogP contribution in [0.5, 0.6) is 0 Å². The Labute approximate surface area is 149 Å². The standard InChI is InChI=1S/C19H17NO4S/c1-11-7-8-13(9-12(11)2)20-17(21)10-16(18(20)22)25-15-6-4-3-5-14(15)19(23)24/h3-9,16H,10H2,1-2H3,(H,23,24)/t16-/m0/s1.